The summed E-state index contributed by atoms with van der Waals surface area (Å²) in [6, 6.07) is 7.45. The summed E-state index contributed by atoms with van der Waals surface area (Å²) in [7, 11) is 0. The van der Waals surface area contributed by atoms with E-state index in [0.717, 1.165) is 6.07 Å². The number of pyridine rings is 1. The second-order valence-electron chi connectivity index (χ2n) is 3.73. The summed E-state index contributed by atoms with van der Waals surface area (Å²) in [5, 5.41) is 11.5. The second kappa shape index (κ2) is 6.26. The highest BCUT2D eigenvalue weighted by Crippen LogP contribution is 2.35. The van der Waals surface area contributed by atoms with Gasteiger partial charge >= 0.3 is 5.69 Å². The Morgan fingerprint density at radius 3 is 2.55 bits per heavy atom. The topological polar surface area (TPSA) is 65.3 Å². The molecule has 0 amide bonds. The van der Waals surface area contributed by atoms with E-state index in [0.29, 0.717) is 10.8 Å². The SMILES string of the molecule is O=[N+]([O-])c1cc(Cl)c(Cl)cc1OCc1cccc(Cl)n1. The molecule has 1 aromatic heterocycles. The first-order chi connectivity index (χ1) is 9.47. The van der Waals surface area contributed by atoms with Crippen molar-refractivity contribution < 1.29 is 9.66 Å². The minimum atomic E-state index is -0.594. The number of benzene rings is 1. The molecule has 2 aromatic rings. The van der Waals surface area contributed by atoms with Gasteiger partial charge in [0.1, 0.15) is 11.8 Å². The Morgan fingerprint density at radius 1 is 1.20 bits per heavy atom. The number of nitro benzene ring substituents is 1. The molecule has 0 N–H and O–H groups in total. The van der Waals surface area contributed by atoms with E-state index in [2.05, 4.69) is 4.98 Å². The Bertz CT molecular complexity index is 664. The molecule has 8 heteroatoms. The Kier molecular flexibility index (Phi) is 4.65. The van der Waals surface area contributed by atoms with Crippen molar-refractivity contribution in [3.63, 3.8) is 0 Å². The van der Waals surface area contributed by atoms with Crippen molar-refractivity contribution in [2.75, 3.05) is 0 Å². The lowest BCUT2D eigenvalue weighted by molar-refractivity contribution is -0.385. The molecule has 20 heavy (non-hydrogen) atoms. The minimum Gasteiger partial charge on any atom is -0.480 e. The summed E-state index contributed by atoms with van der Waals surface area (Å²) in [4.78, 5) is 14.4. The van der Waals surface area contributed by atoms with E-state index < -0.39 is 4.92 Å². The van der Waals surface area contributed by atoms with Crippen LogP contribution in [0.5, 0.6) is 5.75 Å². The summed E-state index contributed by atoms with van der Waals surface area (Å²) in [5.74, 6) is 0.0196. The maximum atomic E-state index is 10.9. The third-order valence-electron chi connectivity index (χ3n) is 2.35. The Morgan fingerprint density at radius 2 is 1.90 bits per heavy atom. The molecule has 5 nitrogen and oxygen atoms in total. The van der Waals surface area contributed by atoms with E-state index in [-0.39, 0.29) is 28.1 Å². The summed E-state index contributed by atoms with van der Waals surface area (Å²) in [6.07, 6.45) is 0. The molecule has 0 saturated heterocycles. The van der Waals surface area contributed by atoms with Gasteiger partial charge in [-0.05, 0) is 12.1 Å². The van der Waals surface area contributed by atoms with Gasteiger partial charge in [0.25, 0.3) is 0 Å². The third-order valence-corrected chi connectivity index (χ3v) is 3.28. The monoisotopic (exact) mass is 332 g/mol. The number of hydrogen-bond acceptors (Lipinski definition) is 4. The molecule has 0 saturated carbocycles. The van der Waals surface area contributed by atoms with Crippen LogP contribution >= 0.6 is 34.8 Å². The van der Waals surface area contributed by atoms with Crippen molar-refractivity contribution in [3.05, 3.63) is 61.3 Å². The Hall–Kier alpha value is -1.56. The van der Waals surface area contributed by atoms with Crippen LogP contribution in [0.15, 0.2) is 30.3 Å². The predicted octanol–water partition coefficient (Wildman–Crippen LogP) is 4.53. The molecule has 0 aliphatic carbocycles. The van der Waals surface area contributed by atoms with Crippen molar-refractivity contribution in [1.29, 1.82) is 0 Å². The van der Waals surface area contributed by atoms with Gasteiger partial charge in [0.2, 0.25) is 0 Å². The van der Waals surface area contributed by atoms with Crippen molar-refractivity contribution in [1.82, 2.24) is 4.98 Å². The molecule has 0 aliphatic heterocycles. The highest BCUT2D eigenvalue weighted by molar-refractivity contribution is 6.42. The first-order valence-corrected chi connectivity index (χ1v) is 6.48. The zero-order valence-corrected chi connectivity index (χ0v) is 12.1. The zero-order chi connectivity index (χ0) is 14.7. The first kappa shape index (κ1) is 14.8. The third kappa shape index (κ3) is 3.50. The molecule has 0 aliphatic rings. The summed E-state index contributed by atoms with van der Waals surface area (Å²) in [6.45, 7) is 0.0271. The van der Waals surface area contributed by atoms with Gasteiger partial charge < -0.3 is 4.74 Å². The van der Waals surface area contributed by atoms with Crippen LogP contribution < -0.4 is 4.74 Å². The van der Waals surface area contributed by atoms with Gasteiger partial charge in [0.15, 0.2) is 5.75 Å². The molecule has 0 radical (unpaired) electrons. The number of halogens is 3. The highest BCUT2D eigenvalue weighted by Gasteiger charge is 2.18. The Balaban J connectivity index is 2.24. The average molecular weight is 334 g/mol. The summed E-state index contributed by atoms with van der Waals surface area (Å²) < 4.78 is 5.37. The van der Waals surface area contributed by atoms with Crippen molar-refractivity contribution in [2.24, 2.45) is 0 Å². The van der Waals surface area contributed by atoms with Crippen LogP contribution in [0.25, 0.3) is 0 Å². The van der Waals surface area contributed by atoms with E-state index in [1.54, 1.807) is 18.2 Å². The maximum Gasteiger partial charge on any atom is 0.312 e. The van der Waals surface area contributed by atoms with Crippen molar-refractivity contribution >= 4 is 40.5 Å². The normalized spacial score (nSPS) is 10.3. The lowest BCUT2D eigenvalue weighted by Crippen LogP contribution is -2.01. The molecular weight excluding hydrogens is 327 g/mol. The van der Waals surface area contributed by atoms with E-state index >= 15 is 0 Å². The van der Waals surface area contributed by atoms with Gasteiger partial charge in [-0.25, -0.2) is 4.98 Å². The smallest absolute Gasteiger partial charge is 0.312 e. The quantitative estimate of drug-likeness (QED) is 0.468. The number of nitro groups is 1. The van der Waals surface area contributed by atoms with E-state index in [4.69, 9.17) is 39.5 Å². The largest absolute Gasteiger partial charge is 0.480 e. The number of hydrogen-bond donors (Lipinski definition) is 0. The van der Waals surface area contributed by atoms with Gasteiger partial charge in [0, 0.05) is 12.1 Å². The van der Waals surface area contributed by atoms with Gasteiger partial charge in [-0.15, -0.1) is 0 Å². The number of aromatic nitrogens is 1. The molecule has 0 bridgehead atoms. The van der Waals surface area contributed by atoms with Crippen LogP contribution in [0.3, 0.4) is 0 Å². The fraction of sp³-hybridized carbons (Fsp3) is 0.0833. The van der Waals surface area contributed by atoms with Crippen LogP contribution in [0.2, 0.25) is 15.2 Å². The molecule has 0 fully saturated rings. The van der Waals surface area contributed by atoms with E-state index in [1.165, 1.54) is 6.07 Å². The molecular formula is C12H7Cl3N2O3. The standard InChI is InChI=1S/C12H7Cl3N2O3/c13-8-4-10(17(18)19)11(5-9(8)14)20-6-7-2-1-3-12(15)16-7/h1-5H,6H2. The number of rotatable bonds is 4. The summed E-state index contributed by atoms with van der Waals surface area (Å²) >= 11 is 17.3. The Labute approximate surface area is 129 Å². The average Bonchev–Trinajstić information content (AvgIpc) is 2.39. The van der Waals surface area contributed by atoms with Crippen molar-refractivity contribution in [2.45, 2.75) is 6.61 Å². The van der Waals surface area contributed by atoms with E-state index in [9.17, 15) is 10.1 Å². The van der Waals surface area contributed by atoms with Crippen LogP contribution in [0, 0.1) is 10.1 Å². The van der Waals surface area contributed by atoms with Crippen LogP contribution in [-0.4, -0.2) is 9.91 Å². The van der Waals surface area contributed by atoms with Crippen LogP contribution in [0.4, 0.5) is 5.69 Å². The lowest BCUT2D eigenvalue weighted by Gasteiger charge is -2.07. The van der Waals surface area contributed by atoms with Crippen molar-refractivity contribution in [3.8, 4) is 5.75 Å². The minimum absolute atomic E-state index is 0.0196. The molecule has 0 atom stereocenters. The van der Waals surface area contributed by atoms with Crippen LogP contribution in [0.1, 0.15) is 5.69 Å². The van der Waals surface area contributed by atoms with Gasteiger partial charge in [-0.3, -0.25) is 10.1 Å². The number of ether oxygens (including phenoxy) is 1. The first-order valence-electron chi connectivity index (χ1n) is 5.35. The zero-order valence-electron chi connectivity index (χ0n) is 9.85. The second-order valence-corrected chi connectivity index (χ2v) is 4.93. The fourth-order valence-electron chi connectivity index (χ4n) is 1.46. The molecule has 1 aromatic carbocycles. The molecule has 1 heterocycles. The predicted molar refractivity (Wildman–Crippen MR) is 76.7 cm³/mol. The molecule has 2 rings (SSSR count). The fourth-order valence-corrected chi connectivity index (χ4v) is 1.95. The van der Waals surface area contributed by atoms with Gasteiger partial charge in [-0.1, -0.05) is 40.9 Å². The highest BCUT2D eigenvalue weighted by atomic mass is 35.5. The van der Waals surface area contributed by atoms with Gasteiger partial charge in [0.05, 0.1) is 20.7 Å². The molecule has 0 unspecified atom stereocenters. The maximum absolute atomic E-state index is 10.9. The van der Waals surface area contributed by atoms with E-state index in [1.807, 2.05) is 0 Å². The summed E-state index contributed by atoms with van der Waals surface area (Å²) in [5.41, 5.74) is 0.277. The number of nitrogens with zero attached hydrogens (tertiary/aromatic N) is 2. The van der Waals surface area contributed by atoms with Gasteiger partial charge in [-0.2, -0.15) is 0 Å². The van der Waals surface area contributed by atoms with Crippen LogP contribution in [-0.2, 0) is 6.61 Å². The molecule has 104 valence electrons. The molecule has 0 spiro atoms. The lowest BCUT2D eigenvalue weighted by atomic mass is 10.3.